The van der Waals surface area contributed by atoms with E-state index >= 15 is 0 Å². The number of rotatable bonds is 5. The van der Waals surface area contributed by atoms with E-state index in [1.54, 1.807) is 34.0 Å². The Morgan fingerprint density at radius 2 is 2.19 bits per heavy atom. The predicted octanol–water partition coefficient (Wildman–Crippen LogP) is 1.45. The second kappa shape index (κ2) is 8.33. The summed E-state index contributed by atoms with van der Waals surface area (Å²) in [7, 11) is 0. The van der Waals surface area contributed by atoms with E-state index in [1.807, 2.05) is 12.1 Å². The van der Waals surface area contributed by atoms with Gasteiger partial charge in [0.05, 0.1) is 11.6 Å². The van der Waals surface area contributed by atoms with E-state index in [9.17, 15) is 9.59 Å². The Morgan fingerprint density at radius 1 is 1.35 bits per heavy atom. The van der Waals surface area contributed by atoms with Crippen LogP contribution in [-0.2, 0) is 4.79 Å². The summed E-state index contributed by atoms with van der Waals surface area (Å²) in [5.74, 6) is -0.409. The summed E-state index contributed by atoms with van der Waals surface area (Å²) in [4.78, 5) is 26.6. The normalized spacial score (nSPS) is 17.2. The minimum Gasteiger partial charge on any atom is -0.355 e. The topological polar surface area (TPSA) is 93.3 Å². The second-order valence-electron chi connectivity index (χ2n) is 6.30. The zero-order valence-electron chi connectivity index (χ0n) is 14.4. The van der Waals surface area contributed by atoms with Crippen LogP contribution in [0.5, 0.6) is 0 Å². The van der Waals surface area contributed by atoms with Gasteiger partial charge in [-0.3, -0.25) is 9.59 Å². The Kier molecular flexibility index (Phi) is 5.90. The van der Waals surface area contributed by atoms with Crippen LogP contribution in [-0.4, -0.2) is 52.7 Å². The number of benzene rings is 1. The second-order valence-corrected chi connectivity index (χ2v) is 6.73. The van der Waals surface area contributed by atoms with Crippen molar-refractivity contribution in [1.29, 1.82) is 0 Å². The Morgan fingerprint density at radius 3 is 2.96 bits per heavy atom. The van der Waals surface area contributed by atoms with Crippen LogP contribution in [0.15, 0.2) is 36.5 Å². The van der Waals surface area contributed by atoms with Gasteiger partial charge in [-0.2, -0.15) is 5.10 Å². The monoisotopic (exact) mass is 375 g/mol. The highest BCUT2D eigenvalue weighted by Crippen LogP contribution is 2.19. The fourth-order valence-corrected chi connectivity index (χ4v) is 3.26. The number of amides is 2. The first-order valence-electron chi connectivity index (χ1n) is 8.67. The van der Waals surface area contributed by atoms with Gasteiger partial charge in [0, 0.05) is 37.4 Å². The van der Waals surface area contributed by atoms with Crippen LogP contribution < -0.4 is 11.1 Å². The summed E-state index contributed by atoms with van der Waals surface area (Å²) < 4.78 is 1.62. The zero-order valence-corrected chi connectivity index (χ0v) is 15.2. The fraction of sp³-hybridized carbons (Fsp3) is 0.389. The van der Waals surface area contributed by atoms with E-state index in [0.717, 1.165) is 18.5 Å². The number of piperidine rings is 1. The molecule has 2 aromatic rings. The molecule has 8 heteroatoms. The van der Waals surface area contributed by atoms with Crippen LogP contribution >= 0.6 is 11.6 Å². The van der Waals surface area contributed by atoms with E-state index in [4.69, 9.17) is 17.3 Å². The van der Waals surface area contributed by atoms with Crippen molar-refractivity contribution in [2.75, 3.05) is 26.2 Å². The lowest BCUT2D eigenvalue weighted by atomic mass is 9.97. The van der Waals surface area contributed by atoms with Crippen LogP contribution in [0.25, 0.3) is 5.69 Å². The van der Waals surface area contributed by atoms with Crippen molar-refractivity contribution in [2.45, 2.75) is 12.8 Å². The third kappa shape index (κ3) is 4.23. The number of halogens is 1. The zero-order chi connectivity index (χ0) is 18.5. The molecule has 0 saturated carbocycles. The van der Waals surface area contributed by atoms with Gasteiger partial charge < -0.3 is 16.0 Å². The van der Waals surface area contributed by atoms with Crippen LogP contribution in [0.4, 0.5) is 0 Å². The Hall–Kier alpha value is -2.38. The molecule has 0 bridgehead atoms. The molecule has 1 aliphatic heterocycles. The van der Waals surface area contributed by atoms with Gasteiger partial charge in [-0.25, -0.2) is 4.68 Å². The van der Waals surface area contributed by atoms with Crippen molar-refractivity contribution in [3.63, 3.8) is 0 Å². The highest BCUT2D eigenvalue weighted by Gasteiger charge is 2.29. The summed E-state index contributed by atoms with van der Waals surface area (Å²) in [6, 6.07) is 8.94. The van der Waals surface area contributed by atoms with Crippen LogP contribution in [0.3, 0.4) is 0 Å². The number of carbonyl (C=O) groups excluding carboxylic acids is 2. The average molecular weight is 376 g/mol. The third-order valence-corrected chi connectivity index (χ3v) is 4.64. The van der Waals surface area contributed by atoms with Gasteiger partial charge in [0.1, 0.15) is 0 Å². The summed E-state index contributed by atoms with van der Waals surface area (Å²) in [6.07, 6.45) is 3.30. The first-order valence-corrected chi connectivity index (χ1v) is 9.05. The Bertz CT molecular complexity index is 791. The number of nitrogens with two attached hydrogens (primary N) is 1. The molecule has 26 heavy (non-hydrogen) atoms. The van der Waals surface area contributed by atoms with E-state index in [1.165, 1.54) is 0 Å². The minimum atomic E-state index is -0.200. The molecule has 0 spiro atoms. The summed E-state index contributed by atoms with van der Waals surface area (Å²) >= 11 is 6.01. The molecule has 1 atom stereocenters. The number of nitrogens with zero attached hydrogens (tertiary/aromatic N) is 3. The minimum absolute atomic E-state index is 0.0441. The first-order chi connectivity index (χ1) is 12.6. The molecule has 7 nitrogen and oxygen atoms in total. The van der Waals surface area contributed by atoms with Gasteiger partial charge in [-0.15, -0.1) is 0 Å². The number of hydrogen-bond acceptors (Lipinski definition) is 4. The molecule has 1 aromatic carbocycles. The van der Waals surface area contributed by atoms with Crippen LogP contribution in [0, 0.1) is 5.92 Å². The highest BCUT2D eigenvalue weighted by atomic mass is 35.5. The molecule has 2 amide bonds. The first kappa shape index (κ1) is 18.4. The van der Waals surface area contributed by atoms with Crippen molar-refractivity contribution >= 4 is 23.4 Å². The Labute approximate surface area is 157 Å². The molecule has 1 aliphatic rings. The molecule has 1 aromatic heterocycles. The number of nitrogens with one attached hydrogen (secondary N) is 1. The molecule has 3 N–H and O–H groups in total. The number of likely N-dealkylation sites (tertiary alicyclic amines) is 1. The third-order valence-electron chi connectivity index (χ3n) is 4.40. The molecular weight excluding hydrogens is 354 g/mol. The molecule has 2 heterocycles. The lowest BCUT2D eigenvalue weighted by Crippen LogP contribution is -2.46. The van der Waals surface area contributed by atoms with Crippen molar-refractivity contribution in [1.82, 2.24) is 20.0 Å². The van der Waals surface area contributed by atoms with Crippen molar-refractivity contribution in [3.05, 3.63) is 47.2 Å². The molecular formula is C18H22ClN5O2. The predicted molar refractivity (Wildman–Crippen MR) is 99.3 cm³/mol. The highest BCUT2D eigenvalue weighted by molar-refractivity contribution is 6.30. The van der Waals surface area contributed by atoms with Gasteiger partial charge in [0.25, 0.3) is 5.91 Å². The molecule has 138 valence electrons. The molecule has 3 rings (SSSR count). The van der Waals surface area contributed by atoms with Crippen molar-refractivity contribution in [3.8, 4) is 5.69 Å². The SMILES string of the molecule is NCCNC(=O)C1CCCN(C(=O)c2ccn(-c3cccc(Cl)c3)n2)C1. The van der Waals surface area contributed by atoms with Gasteiger partial charge in [0.2, 0.25) is 5.91 Å². The number of carbonyl (C=O) groups is 2. The molecule has 1 unspecified atom stereocenters. The molecule has 0 aliphatic carbocycles. The fourth-order valence-electron chi connectivity index (χ4n) is 3.08. The van der Waals surface area contributed by atoms with Gasteiger partial charge >= 0.3 is 0 Å². The maximum absolute atomic E-state index is 12.8. The Balaban J connectivity index is 1.68. The molecule has 1 fully saturated rings. The number of hydrogen-bond donors (Lipinski definition) is 2. The lowest BCUT2D eigenvalue weighted by molar-refractivity contribution is -0.126. The van der Waals surface area contributed by atoms with E-state index in [-0.39, 0.29) is 17.7 Å². The maximum Gasteiger partial charge on any atom is 0.274 e. The summed E-state index contributed by atoms with van der Waals surface area (Å²) in [5.41, 5.74) is 6.56. The summed E-state index contributed by atoms with van der Waals surface area (Å²) in [6.45, 7) is 1.89. The maximum atomic E-state index is 12.8. The van der Waals surface area contributed by atoms with E-state index in [0.29, 0.717) is 36.9 Å². The number of aromatic nitrogens is 2. The van der Waals surface area contributed by atoms with Gasteiger partial charge in [0.15, 0.2) is 5.69 Å². The quantitative estimate of drug-likeness (QED) is 0.827. The van der Waals surface area contributed by atoms with Crippen molar-refractivity contribution in [2.24, 2.45) is 11.7 Å². The lowest BCUT2D eigenvalue weighted by Gasteiger charge is -2.31. The van der Waals surface area contributed by atoms with Crippen LogP contribution in [0.2, 0.25) is 5.02 Å². The largest absolute Gasteiger partial charge is 0.355 e. The average Bonchev–Trinajstić information content (AvgIpc) is 3.16. The van der Waals surface area contributed by atoms with E-state index < -0.39 is 0 Å². The van der Waals surface area contributed by atoms with Crippen LogP contribution in [0.1, 0.15) is 23.3 Å². The standard InChI is InChI=1S/C18H22ClN5O2/c19-14-4-1-5-15(11-14)24-10-6-16(22-24)18(26)23-9-2-3-13(12-23)17(25)21-8-7-20/h1,4-6,10-11,13H,2-3,7-9,12,20H2,(H,21,25). The van der Waals surface area contributed by atoms with Gasteiger partial charge in [-0.1, -0.05) is 17.7 Å². The van der Waals surface area contributed by atoms with Gasteiger partial charge in [-0.05, 0) is 37.1 Å². The summed E-state index contributed by atoms with van der Waals surface area (Å²) in [5, 5.41) is 7.77. The van der Waals surface area contributed by atoms with E-state index in [2.05, 4.69) is 10.4 Å². The van der Waals surface area contributed by atoms with Crippen molar-refractivity contribution < 1.29 is 9.59 Å². The molecule has 0 radical (unpaired) electrons. The molecule has 1 saturated heterocycles. The smallest absolute Gasteiger partial charge is 0.274 e.